The summed E-state index contributed by atoms with van der Waals surface area (Å²) in [6.07, 6.45) is 5.58. The van der Waals surface area contributed by atoms with Crippen molar-refractivity contribution in [1.82, 2.24) is 10.2 Å². The van der Waals surface area contributed by atoms with Crippen molar-refractivity contribution in [3.05, 3.63) is 63.9 Å². The van der Waals surface area contributed by atoms with Gasteiger partial charge in [0.1, 0.15) is 0 Å². The van der Waals surface area contributed by atoms with Gasteiger partial charge in [0.2, 0.25) is 5.91 Å². The molecule has 0 spiro atoms. The fourth-order valence-corrected chi connectivity index (χ4v) is 3.49. The number of nitrogens with zero attached hydrogens (tertiary/aromatic N) is 1. The zero-order chi connectivity index (χ0) is 15.9. The summed E-state index contributed by atoms with van der Waals surface area (Å²) in [6.45, 7) is 3.90. The maximum Gasteiger partial charge on any atom is 0.244 e. The van der Waals surface area contributed by atoms with Gasteiger partial charge in [-0.2, -0.15) is 11.3 Å². The Morgan fingerprint density at radius 1 is 1.26 bits per heavy atom. The van der Waals surface area contributed by atoms with Gasteiger partial charge in [-0.05, 0) is 52.4 Å². The van der Waals surface area contributed by atoms with Crippen molar-refractivity contribution in [2.75, 3.05) is 19.6 Å². The second-order valence-electron chi connectivity index (χ2n) is 5.83. The minimum Gasteiger partial charge on any atom is -0.353 e. The minimum atomic E-state index is -0.0137. The molecule has 0 bridgehead atoms. The molecule has 0 fully saturated rings. The zero-order valence-electron chi connectivity index (χ0n) is 13.2. The molecule has 2 aromatic rings. The van der Waals surface area contributed by atoms with Crippen LogP contribution < -0.4 is 5.32 Å². The number of fused-ring (bicyclic) bond motifs is 1. The average Bonchev–Trinajstić information content (AvgIpc) is 3.10. The Labute approximate surface area is 141 Å². The molecule has 23 heavy (non-hydrogen) atoms. The van der Waals surface area contributed by atoms with Crippen molar-refractivity contribution in [2.24, 2.45) is 0 Å². The normalized spacial score (nSPS) is 14.8. The molecule has 3 rings (SSSR count). The number of hydrogen-bond acceptors (Lipinski definition) is 3. The molecule has 1 amide bonds. The van der Waals surface area contributed by atoms with Crippen LogP contribution in [0.5, 0.6) is 0 Å². The summed E-state index contributed by atoms with van der Waals surface area (Å²) >= 11 is 1.64. The highest BCUT2D eigenvalue weighted by molar-refractivity contribution is 7.08. The van der Waals surface area contributed by atoms with E-state index in [1.165, 1.54) is 11.1 Å². The first kappa shape index (κ1) is 16.0. The molecule has 0 saturated carbocycles. The lowest BCUT2D eigenvalue weighted by atomic mass is 10.00. The summed E-state index contributed by atoms with van der Waals surface area (Å²) in [6, 6.07) is 10.7. The van der Waals surface area contributed by atoms with E-state index in [4.69, 9.17) is 0 Å². The van der Waals surface area contributed by atoms with Gasteiger partial charge in [0, 0.05) is 32.3 Å². The third kappa shape index (κ3) is 4.78. The molecule has 0 aliphatic carbocycles. The van der Waals surface area contributed by atoms with E-state index in [1.54, 1.807) is 17.4 Å². The highest BCUT2D eigenvalue weighted by atomic mass is 32.1. The van der Waals surface area contributed by atoms with Gasteiger partial charge in [-0.15, -0.1) is 0 Å². The number of rotatable bonds is 6. The topological polar surface area (TPSA) is 32.3 Å². The average molecular weight is 326 g/mol. The molecule has 1 N–H and O–H groups in total. The molecule has 0 saturated heterocycles. The predicted octanol–water partition coefficient (Wildman–Crippen LogP) is 3.33. The standard InChI is InChI=1S/C19H22N2OS/c22-19(7-6-16-9-13-23-15-16)20-10-3-11-21-12-8-17-4-1-2-5-18(17)14-21/h1-2,4-7,9,13,15H,3,8,10-12,14H2,(H,20,22)/b7-6+. The Morgan fingerprint density at radius 3 is 2.96 bits per heavy atom. The first-order chi connectivity index (χ1) is 11.3. The molecular weight excluding hydrogens is 304 g/mol. The van der Waals surface area contributed by atoms with E-state index in [9.17, 15) is 4.79 Å². The zero-order valence-corrected chi connectivity index (χ0v) is 14.0. The van der Waals surface area contributed by atoms with Crippen LogP contribution in [0.3, 0.4) is 0 Å². The predicted molar refractivity (Wildman–Crippen MR) is 96.4 cm³/mol. The molecule has 0 unspecified atom stereocenters. The quantitative estimate of drug-likeness (QED) is 0.652. The first-order valence-electron chi connectivity index (χ1n) is 8.08. The van der Waals surface area contributed by atoms with Crippen LogP contribution in [-0.4, -0.2) is 30.4 Å². The number of amides is 1. The lowest BCUT2D eigenvalue weighted by Gasteiger charge is -2.28. The summed E-state index contributed by atoms with van der Waals surface area (Å²) in [5.74, 6) is -0.0137. The van der Waals surface area contributed by atoms with Crippen LogP contribution in [0.2, 0.25) is 0 Å². The summed E-state index contributed by atoms with van der Waals surface area (Å²) in [4.78, 5) is 14.2. The van der Waals surface area contributed by atoms with Crippen molar-refractivity contribution < 1.29 is 4.79 Å². The number of nitrogens with one attached hydrogen (secondary N) is 1. The molecule has 0 atom stereocenters. The van der Waals surface area contributed by atoms with Crippen LogP contribution in [0.15, 0.2) is 47.2 Å². The number of carbonyl (C=O) groups is 1. The lowest BCUT2D eigenvalue weighted by molar-refractivity contribution is -0.116. The van der Waals surface area contributed by atoms with E-state index in [0.717, 1.165) is 44.6 Å². The Balaban J connectivity index is 1.35. The Bertz CT molecular complexity index is 664. The first-order valence-corrected chi connectivity index (χ1v) is 9.03. The van der Waals surface area contributed by atoms with Crippen LogP contribution >= 0.6 is 11.3 Å². The van der Waals surface area contributed by atoms with Gasteiger partial charge in [0.25, 0.3) is 0 Å². The Hall–Kier alpha value is -1.91. The molecule has 0 radical (unpaired) electrons. The molecule has 1 aliphatic heterocycles. The lowest BCUT2D eigenvalue weighted by Crippen LogP contribution is -2.33. The second-order valence-corrected chi connectivity index (χ2v) is 6.61. The molecule has 1 aromatic heterocycles. The number of thiophene rings is 1. The second kappa shape index (κ2) is 8.09. The maximum atomic E-state index is 11.7. The maximum absolute atomic E-state index is 11.7. The summed E-state index contributed by atoms with van der Waals surface area (Å²) in [7, 11) is 0. The van der Waals surface area contributed by atoms with Crippen LogP contribution in [0.25, 0.3) is 6.08 Å². The highest BCUT2D eigenvalue weighted by Gasteiger charge is 2.14. The molecule has 1 aliphatic rings. The molecule has 1 aromatic carbocycles. The van der Waals surface area contributed by atoms with Gasteiger partial charge in [-0.3, -0.25) is 9.69 Å². The van der Waals surface area contributed by atoms with E-state index >= 15 is 0 Å². The fourth-order valence-electron chi connectivity index (χ4n) is 2.86. The minimum absolute atomic E-state index is 0.0137. The SMILES string of the molecule is O=C(/C=C/c1ccsc1)NCCCN1CCc2ccccc2C1. The van der Waals surface area contributed by atoms with Gasteiger partial charge in [0.15, 0.2) is 0 Å². The molecule has 3 nitrogen and oxygen atoms in total. The molecular formula is C19H22N2OS. The van der Waals surface area contributed by atoms with Crippen LogP contribution in [0.1, 0.15) is 23.1 Å². The summed E-state index contributed by atoms with van der Waals surface area (Å²) < 4.78 is 0. The van der Waals surface area contributed by atoms with Gasteiger partial charge >= 0.3 is 0 Å². The van der Waals surface area contributed by atoms with E-state index in [0.29, 0.717) is 0 Å². The van der Waals surface area contributed by atoms with Crippen LogP contribution in [0, 0.1) is 0 Å². The number of hydrogen-bond donors (Lipinski definition) is 1. The number of benzene rings is 1. The Morgan fingerprint density at radius 2 is 2.13 bits per heavy atom. The van der Waals surface area contributed by atoms with E-state index < -0.39 is 0 Å². The third-order valence-corrected chi connectivity index (χ3v) is 4.83. The van der Waals surface area contributed by atoms with E-state index in [-0.39, 0.29) is 5.91 Å². The van der Waals surface area contributed by atoms with Crippen LogP contribution in [0.4, 0.5) is 0 Å². The summed E-state index contributed by atoms with van der Waals surface area (Å²) in [5.41, 5.74) is 4.01. The van der Waals surface area contributed by atoms with Gasteiger partial charge < -0.3 is 5.32 Å². The van der Waals surface area contributed by atoms with Crippen molar-refractivity contribution in [1.29, 1.82) is 0 Å². The van der Waals surface area contributed by atoms with Gasteiger partial charge in [-0.25, -0.2) is 0 Å². The van der Waals surface area contributed by atoms with Gasteiger partial charge in [-0.1, -0.05) is 24.3 Å². The van der Waals surface area contributed by atoms with Crippen molar-refractivity contribution in [2.45, 2.75) is 19.4 Å². The fraction of sp³-hybridized carbons (Fsp3) is 0.316. The smallest absolute Gasteiger partial charge is 0.244 e. The van der Waals surface area contributed by atoms with Crippen LogP contribution in [-0.2, 0) is 17.8 Å². The number of carbonyl (C=O) groups excluding carboxylic acids is 1. The van der Waals surface area contributed by atoms with Crippen molar-refractivity contribution in [3.8, 4) is 0 Å². The van der Waals surface area contributed by atoms with Gasteiger partial charge in [0.05, 0.1) is 0 Å². The molecule has 2 heterocycles. The van der Waals surface area contributed by atoms with Crippen molar-refractivity contribution >= 4 is 23.3 Å². The third-order valence-electron chi connectivity index (χ3n) is 4.13. The Kier molecular flexibility index (Phi) is 5.61. The van der Waals surface area contributed by atoms with E-state index in [2.05, 4.69) is 34.5 Å². The summed E-state index contributed by atoms with van der Waals surface area (Å²) in [5, 5.41) is 6.99. The highest BCUT2D eigenvalue weighted by Crippen LogP contribution is 2.18. The largest absolute Gasteiger partial charge is 0.353 e. The van der Waals surface area contributed by atoms with E-state index in [1.807, 2.05) is 22.9 Å². The molecule has 4 heteroatoms. The van der Waals surface area contributed by atoms with Crippen molar-refractivity contribution in [3.63, 3.8) is 0 Å². The molecule has 120 valence electrons. The monoisotopic (exact) mass is 326 g/mol.